The molecule has 0 atom stereocenters. The molecule has 39 heavy (non-hydrogen) atoms. The molecule has 5 N–H and O–H groups in total. The Bertz CT molecular complexity index is 1990. The lowest BCUT2D eigenvalue weighted by atomic mass is 10.0. The van der Waals surface area contributed by atoms with Crippen molar-refractivity contribution in [1.29, 1.82) is 0 Å². The fraction of sp³-hybridized carbons (Fsp3) is 0.130. The van der Waals surface area contributed by atoms with E-state index >= 15 is 0 Å². The van der Waals surface area contributed by atoms with E-state index in [4.69, 9.17) is 10.3 Å². The van der Waals surface area contributed by atoms with Gasteiger partial charge in [0.2, 0.25) is 0 Å². The van der Waals surface area contributed by atoms with Crippen molar-refractivity contribution in [2.24, 2.45) is 10.2 Å². The van der Waals surface area contributed by atoms with Crippen molar-refractivity contribution in [1.82, 2.24) is 0 Å². The number of nitrogen functional groups attached to an aromatic ring is 1. The van der Waals surface area contributed by atoms with Crippen LogP contribution < -0.4 is 5.73 Å². The molecule has 16 heteroatoms. The van der Waals surface area contributed by atoms with Crippen LogP contribution in [-0.4, -0.2) is 51.8 Å². The first-order valence-electron chi connectivity index (χ1n) is 10.9. The zero-order valence-electron chi connectivity index (χ0n) is 20.0. The van der Waals surface area contributed by atoms with E-state index in [1.165, 1.54) is 24.3 Å². The van der Waals surface area contributed by atoms with Crippen molar-refractivity contribution in [2.45, 2.75) is 16.7 Å². The predicted octanol–water partition coefficient (Wildman–Crippen LogP) is 3.84. The first-order valence-corrected chi connectivity index (χ1v) is 15.3. The maximum atomic E-state index is 12.8. The Balaban J connectivity index is 1.74. The molecular weight excluding hydrogens is 574 g/mol. The van der Waals surface area contributed by atoms with Crippen LogP contribution in [0, 0.1) is 6.92 Å². The highest BCUT2D eigenvalue weighted by Crippen LogP contribution is 2.42. The number of phenolic OH excluding ortho intramolecular Hbond substituents is 1. The van der Waals surface area contributed by atoms with Crippen LogP contribution in [0.2, 0.25) is 0 Å². The van der Waals surface area contributed by atoms with Gasteiger partial charge in [-0.25, -0.2) is 12.6 Å². The fourth-order valence-electron chi connectivity index (χ4n) is 3.96. The summed E-state index contributed by atoms with van der Waals surface area (Å²) in [6.45, 7) is 0.801. The van der Waals surface area contributed by atoms with Crippen LogP contribution >= 0.6 is 0 Å². The molecule has 0 aromatic heterocycles. The predicted molar refractivity (Wildman–Crippen MR) is 142 cm³/mol. The number of hydrogen-bond donors (Lipinski definition) is 4. The molecule has 206 valence electrons. The number of fused-ring (bicyclic) bond motifs is 2. The second kappa shape index (κ2) is 10.1. The van der Waals surface area contributed by atoms with E-state index in [0.29, 0.717) is 10.9 Å². The number of sulfone groups is 1. The van der Waals surface area contributed by atoms with Gasteiger partial charge in [0.05, 0.1) is 27.8 Å². The van der Waals surface area contributed by atoms with Gasteiger partial charge in [0.15, 0.2) is 15.6 Å². The average molecular weight is 596 g/mol. The molecule has 4 aromatic rings. The smallest absolute Gasteiger partial charge is 0.397 e. The number of anilines is 1. The topological polar surface area (TPSA) is 223 Å². The largest absolute Gasteiger partial charge is 0.505 e. The van der Waals surface area contributed by atoms with Crippen LogP contribution in [0.1, 0.15) is 5.56 Å². The van der Waals surface area contributed by atoms with Gasteiger partial charge >= 0.3 is 10.4 Å². The third-order valence-corrected chi connectivity index (χ3v) is 8.71. The van der Waals surface area contributed by atoms with E-state index in [-0.39, 0.29) is 43.9 Å². The number of azo groups is 1. The Morgan fingerprint density at radius 3 is 2.28 bits per heavy atom. The zero-order valence-corrected chi connectivity index (χ0v) is 22.5. The summed E-state index contributed by atoms with van der Waals surface area (Å²) in [5.74, 6) is -1.10. The molecule has 0 bridgehead atoms. The van der Waals surface area contributed by atoms with Gasteiger partial charge in [-0.3, -0.25) is 9.11 Å². The highest BCUT2D eigenvalue weighted by molar-refractivity contribution is 7.91. The van der Waals surface area contributed by atoms with E-state index in [9.17, 15) is 34.9 Å². The fourth-order valence-corrected chi connectivity index (χ4v) is 6.23. The third-order valence-electron chi connectivity index (χ3n) is 5.69. The molecule has 0 fully saturated rings. The van der Waals surface area contributed by atoms with E-state index in [2.05, 4.69) is 14.4 Å². The first kappa shape index (κ1) is 28.3. The zero-order chi connectivity index (χ0) is 28.8. The summed E-state index contributed by atoms with van der Waals surface area (Å²) in [5, 5.41) is 20.2. The summed E-state index contributed by atoms with van der Waals surface area (Å²) in [5.41, 5.74) is 6.46. The lowest BCUT2D eigenvalue weighted by molar-refractivity contribution is 0.284. The number of nitrogens with zero attached hydrogens (tertiary/aromatic N) is 2. The van der Waals surface area contributed by atoms with Gasteiger partial charge < -0.3 is 10.8 Å². The lowest BCUT2D eigenvalue weighted by Crippen LogP contribution is -2.15. The van der Waals surface area contributed by atoms with E-state index in [0.717, 1.165) is 12.1 Å². The van der Waals surface area contributed by atoms with Gasteiger partial charge in [0.25, 0.3) is 10.1 Å². The summed E-state index contributed by atoms with van der Waals surface area (Å²) in [7, 11) is -13.4. The molecule has 13 nitrogen and oxygen atoms in total. The van der Waals surface area contributed by atoms with Crippen LogP contribution in [0.4, 0.5) is 17.1 Å². The molecule has 4 rings (SSSR count). The molecule has 0 heterocycles. The van der Waals surface area contributed by atoms with Crippen LogP contribution in [0.15, 0.2) is 74.6 Å². The van der Waals surface area contributed by atoms with Gasteiger partial charge in [0, 0.05) is 16.5 Å². The van der Waals surface area contributed by atoms with Crippen molar-refractivity contribution in [2.75, 3.05) is 18.1 Å². The Hall–Kier alpha value is -3.67. The number of aryl methyl sites for hydroxylation is 1. The number of nitrogens with two attached hydrogens (primary N) is 1. The van der Waals surface area contributed by atoms with Crippen molar-refractivity contribution < 1.29 is 43.6 Å². The Kier molecular flexibility index (Phi) is 7.37. The number of aromatic hydroxyl groups is 1. The quantitative estimate of drug-likeness (QED) is 0.130. The first-order chi connectivity index (χ1) is 18.1. The van der Waals surface area contributed by atoms with E-state index < -0.39 is 47.6 Å². The lowest BCUT2D eigenvalue weighted by Gasteiger charge is -2.11. The molecular formula is C23H21N3O10S3. The van der Waals surface area contributed by atoms with Crippen LogP contribution in [0.5, 0.6) is 5.75 Å². The maximum Gasteiger partial charge on any atom is 0.397 e. The monoisotopic (exact) mass is 595 g/mol. The molecule has 4 aromatic carbocycles. The highest BCUT2D eigenvalue weighted by Gasteiger charge is 2.20. The summed E-state index contributed by atoms with van der Waals surface area (Å²) in [6, 6.07) is 12.8. The molecule has 0 saturated heterocycles. The van der Waals surface area contributed by atoms with E-state index in [1.807, 2.05) is 0 Å². The van der Waals surface area contributed by atoms with Gasteiger partial charge in [-0.05, 0) is 59.7 Å². The minimum absolute atomic E-state index is 0.0252. The Morgan fingerprint density at radius 1 is 0.897 bits per heavy atom. The Morgan fingerprint density at radius 2 is 1.62 bits per heavy atom. The second-order valence-electron chi connectivity index (χ2n) is 8.41. The van der Waals surface area contributed by atoms with Gasteiger partial charge in [-0.2, -0.15) is 21.9 Å². The minimum Gasteiger partial charge on any atom is -0.505 e. The van der Waals surface area contributed by atoms with E-state index in [1.54, 1.807) is 25.1 Å². The third kappa shape index (κ3) is 6.16. The summed E-state index contributed by atoms with van der Waals surface area (Å²) in [6.07, 6.45) is 0. The number of rotatable bonds is 8. The highest BCUT2D eigenvalue weighted by atomic mass is 32.3. The van der Waals surface area contributed by atoms with Crippen molar-refractivity contribution in [3.8, 4) is 5.75 Å². The van der Waals surface area contributed by atoms with Crippen molar-refractivity contribution >= 4 is 69.0 Å². The van der Waals surface area contributed by atoms with Gasteiger partial charge in [-0.1, -0.05) is 18.2 Å². The summed E-state index contributed by atoms with van der Waals surface area (Å²) in [4.78, 5) is -0.560. The normalized spacial score (nSPS) is 13.0. The summed E-state index contributed by atoms with van der Waals surface area (Å²) >= 11 is 0. The number of benzene rings is 4. The molecule has 0 spiro atoms. The van der Waals surface area contributed by atoms with Crippen LogP contribution in [-0.2, 0) is 34.5 Å². The molecule has 0 aliphatic rings. The second-order valence-corrected chi connectivity index (χ2v) is 13.0. The minimum atomic E-state index is -4.80. The Labute approximate surface area is 223 Å². The number of phenols is 1. The van der Waals surface area contributed by atoms with Gasteiger partial charge in [-0.15, -0.1) is 5.11 Å². The van der Waals surface area contributed by atoms with Crippen LogP contribution in [0.3, 0.4) is 0 Å². The summed E-state index contributed by atoms with van der Waals surface area (Å²) < 4.78 is 92.4. The molecule has 0 radical (unpaired) electrons. The van der Waals surface area contributed by atoms with Gasteiger partial charge in [0.1, 0.15) is 5.69 Å². The standard InChI is InChI=1S/C23H21N3O10S3/c1-13-9-15-10-17(38(30,31)32)12-19(24)21(15)23(27)22(13)26-25-16-6-5-14-3-2-4-20(18(14)11-16)37(28,29)8-7-36-39(33,34)35/h2-6,9-12,27H,7-8,24H2,1H3,(H,30,31,32)(H,33,34,35). The van der Waals surface area contributed by atoms with Crippen molar-refractivity contribution in [3.05, 3.63) is 60.2 Å². The van der Waals surface area contributed by atoms with Crippen molar-refractivity contribution in [3.63, 3.8) is 0 Å². The maximum absolute atomic E-state index is 12.8. The molecule has 0 aliphatic heterocycles. The SMILES string of the molecule is Cc1cc2cc(S(=O)(=O)O)cc(N)c2c(O)c1N=Nc1ccc2cccc(S(=O)(=O)CCOS(=O)(=O)O)c2c1. The number of hydrogen-bond acceptors (Lipinski definition) is 11. The molecule has 0 saturated carbocycles. The average Bonchev–Trinajstić information content (AvgIpc) is 2.81. The molecule has 0 unspecified atom stereocenters. The van der Waals surface area contributed by atoms with Crippen LogP contribution in [0.25, 0.3) is 21.5 Å². The molecule has 0 aliphatic carbocycles. The molecule has 0 amide bonds.